The SMILES string of the molecule is Cn1nccc1-c1ccc(CCNC(=O)NCc2cccs2)cc1. The summed E-state index contributed by atoms with van der Waals surface area (Å²) in [5.41, 5.74) is 3.42. The summed E-state index contributed by atoms with van der Waals surface area (Å²) in [6, 6.07) is 14.2. The molecular formula is C18H20N4OS. The van der Waals surface area contributed by atoms with E-state index >= 15 is 0 Å². The molecule has 5 nitrogen and oxygen atoms in total. The van der Waals surface area contributed by atoms with Crippen molar-refractivity contribution in [2.75, 3.05) is 6.54 Å². The molecule has 2 heterocycles. The lowest BCUT2D eigenvalue weighted by Crippen LogP contribution is -2.35. The van der Waals surface area contributed by atoms with Crippen molar-refractivity contribution in [2.24, 2.45) is 7.05 Å². The van der Waals surface area contributed by atoms with E-state index in [-0.39, 0.29) is 6.03 Å². The molecule has 0 fully saturated rings. The topological polar surface area (TPSA) is 59.0 Å². The van der Waals surface area contributed by atoms with E-state index in [9.17, 15) is 4.79 Å². The molecule has 3 rings (SSSR count). The maximum atomic E-state index is 11.7. The fourth-order valence-corrected chi connectivity index (χ4v) is 3.11. The van der Waals surface area contributed by atoms with Crippen molar-refractivity contribution in [3.05, 3.63) is 64.5 Å². The first kappa shape index (κ1) is 16.3. The monoisotopic (exact) mass is 340 g/mol. The Bertz CT molecular complexity index is 778. The van der Waals surface area contributed by atoms with E-state index in [1.807, 2.05) is 35.3 Å². The fourth-order valence-electron chi connectivity index (χ4n) is 2.46. The first-order valence-electron chi connectivity index (χ1n) is 7.84. The number of amides is 2. The molecule has 0 bridgehead atoms. The molecule has 0 aliphatic heterocycles. The van der Waals surface area contributed by atoms with Crippen LogP contribution in [0.15, 0.2) is 54.0 Å². The number of carbonyl (C=O) groups is 1. The summed E-state index contributed by atoms with van der Waals surface area (Å²) in [7, 11) is 1.93. The van der Waals surface area contributed by atoms with Gasteiger partial charge in [-0.05, 0) is 35.1 Å². The molecule has 0 aliphatic carbocycles. The third kappa shape index (κ3) is 4.23. The van der Waals surface area contributed by atoms with Gasteiger partial charge < -0.3 is 10.6 Å². The first-order chi connectivity index (χ1) is 11.7. The van der Waals surface area contributed by atoms with Crippen molar-refractivity contribution in [1.29, 1.82) is 0 Å². The second kappa shape index (κ2) is 7.79. The van der Waals surface area contributed by atoms with Gasteiger partial charge in [0.1, 0.15) is 0 Å². The zero-order chi connectivity index (χ0) is 16.8. The van der Waals surface area contributed by atoms with E-state index in [1.165, 1.54) is 5.56 Å². The molecule has 0 unspecified atom stereocenters. The minimum atomic E-state index is -0.130. The molecule has 0 spiro atoms. The number of aryl methyl sites for hydroxylation is 1. The second-order valence-electron chi connectivity index (χ2n) is 5.48. The first-order valence-corrected chi connectivity index (χ1v) is 8.72. The van der Waals surface area contributed by atoms with Gasteiger partial charge in [0.2, 0.25) is 0 Å². The fraction of sp³-hybridized carbons (Fsp3) is 0.222. The Labute approximate surface area is 145 Å². The Morgan fingerprint density at radius 2 is 2.00 bits per heavy atom. The predicted octanol–water partition coefficient (Wildman–Crippen LogP) is 3.19. The number of urea groups is 1. The molecule has 2 aromatic heterocycles. The van der Waals surface area contributed by atoms with Gasteiger partial charge in [0, 0.05) is 24.7 Å². The van der Waals surface area contributed by atoms with Gasteiger partial charge in [-0.2, -0.15) is 5.10 Å². The van der Waals surface area contributed by atoms with Crippen molar-refractivity contribution in [3.8, 4) is 11.3 Å². The summed E-state index contributed by atoms with van der Waals surface area (Å²) in [5.74, 6) is 0. The maximum Gasteiger partial charge on any atom is 0.315 e. The molecule has 24 heavy (non-hydrogen) atoms. The Morgan fingerprint density at radius 3 is 2.67 bits per heavy atom. The van der Waals surface area contributed by atoms with E-state index in [0.717, 1.165) is 22.6 Å². The third-order valence-corrected chi connectivity index (χ3v) is 4.65. The third-order valence-electron chi connectivity index (χ3n) is 3.77. The Hall–Kier alpha value is -2.60. The van der Waals surface area contributed by atoms with Gasteiger partial charge in [0.25, 0.3) is 0 Å². The van der Waals surface area contributed by atoms with Gasteiger partial charge >= 0.3 is 6.03 Å². The average Bonchev–Trinajstić information content (AvgIpc) is 3.25. The summed E-state index contributed by atoms with van der Waals surface area (Å²) < 4.78 is 1.86. The molecule has 2 amide bonds. The molecule has 0 radical (unpaired) electrons. The highest BCUT2D eigenvalue weighted by Crippen LogP contribution is 2.18. The minimum absolute atomic E-state index is 0.130. The summed E-state index contributed by atoms with van der Waals surface area (Å²) in [6.07, 6.45) is 2.60. The molecule has 0 saturated heterocycles. The lowest BCUT2D eigenvalue weighted by atomic mass is 10.1. The van der Waals surface area contributed by atoms with Gasteiger partial charge in [-0.3, -0.25) is 4.68 Å². The van der Waals surface area contributed by atoms with E-state index < -0.39 is 0 Å². The van der Waals surface area contributed by atoms with Crippen LogP contribution in [0, 0.1) is 0 Å². The van der Waals surface area contributed by atoms with Crippen molar-refractivity contribution in [2.45, 2.75) is 13.0 Å². The van der Waals surface area contributed by atoms with E-state index in [2.05, 4.69) is 40.0 Å². The van der Waals surface area contributed by atoms with Crippen LogP contribution in [-0.2, 0) is 20.0 Å². The van der Waals surface area contributed by atoms with Crippen LogP contribution in [0.4, 0.5) is 4.79 Å². The molecule has 3 aromatic rings. The Balaban J connectivity index is 1.43. The molecule has 1 aromatic carbocycles. The summed E-state index contributed by atoms with van der Waals surface area (Å²) in [4.78, 5) is 12.9. The molecule has 0 atom stereocenters. The highest BCUT2D eigenvalue weighted by molar-refractivity contribution is 7.09. The largest absolute Gasteiger partial charge is 0.338 e. The lowest BCUT2D eigenvalue weighted by molar-refractivity contribution is 0.240. The zero-order valence-electron chi connectivity index (χ0n) is 13.5. The van der Waals surface area contributed by atoms with E-state index in [4.69, 9.17) is 0 Å². The number of hydrogen-bond donors (Lipinski definition) is 2. The van der Waals surface area contributed by atoms with Gasteiger partial charge in [0.15, 0.2) is 0 Å². The van der Waals surface area contributed by atoms with Crippen LogP contribution in [0.1, 0.15) is 10.4 Å². The number of rotatable bonds is 6. The second-order valence-corrected chi connectivity index (χ2v) is 6.51. The number of hydrogen-bond acceptors (Lipinski definition) is 3. The lowest BCUT2D eigenvalue weighted by Gasteiger charge is -2.08. The van der Waals surface area contributed by atoms with Crippen LogP contribution in [-0.4, -0.2) is 22.4 Å². The number of nitrogens with one attached hydrogen (secondary N) is 2. The highest BCUT2D eigenvalue weighted by atomic mass is 32.1. The summed E-state index contributed by atoms with van der Waals surface area (Å²) >= 11 is 1.64. The number of carbonyl (C=O) groups excluding carboxylic acids is 1. The number of nitrogens with zero attached hydrogens (tertiary/aromatic N) is 2. The molecule has 0 saturated carbocycles. The smallest absolute Gasteiger partial charge is 0.315 e. The molecule has 2 N–H and O–H groups in total. The van der Waals surface area contributed by atoms with Crippen LogP contribution in [0.2, 0.25) is 0 Å². The van der Waals surface area contributed by atoms with Crippen molar-refractivity contribution >= 4 is 17.4 Å². The zero-order valence-corrected chi connectivity index (χ0v) is 14.3. The van der Waals surface area contributed by atoms with Crippen LogP contribution in [0.3, 0.4) is 0 Å². The van der Waals surface area contributed by atoms with Crippen LogP contribution >= 0.6 is 11.3 Å². The van der Waals surface area contributed by atoms with Crippen molar-refractivity contribution in [3.63, 3.8) is 0 Å². The molecule has 124 valence electrons. The van der Waals surface area contributed by atoms with Gasteiger partial charge in [0.05, 0.1) is 12.2 Å². The number of aromatic nitrogens is 2. The van der Waals surface area contributed by atoms with Gasteiger partial charge in [-0.25, -0.2) is 4.79 Å². The average molecular weight is 340 g/mol. The number of thiophene rings is 1. The quantitative estimate of drug-likeness (QED) is 0.724. The summed E-state index contributed by atoms with van der Waals surface area (Å²) in [5, 5.41) is 11.9. The minimum Gasteiger partial charge on any atom is -0.338 e. The Morgan fingerprint density at radius 1 is 1.17 bits per heavy atom. The highest BCUT2D eigenvalue weighted by Gasteiger charge is 2.03. The van der Waals surface area contributed by atoms with Gasteiger partial charge in [-0.15, -0.1) is 11.3 Å². The van der Waals surface area contributed by atoms with E-state index in [1.54, 1.807) is 17.5 Å². The van der Waals surface area contributed by atoms with Gasteiger partial charge in [-0.1, -0.05) is 30.3 Å². The maximum absolute atomic E-state index is 11.7. The normalized spacial score (nSPS) is 10.5. The molecule has 6 heteroatoms. The standard InChI is InChI=1S/C18H20N4OS/c1-22-17(9-11-21-22)15-6-4-14(5-7-15)8-10-19-18(23)20-13-16-3-2-12-24-16/h2-7,9,11-12H,8,10,13H2,1H3,(H2,19,20,23). The van der Waals surface area contributed by atoms with Crippen LogP contribution < -0.4 is 10.6 Å². The van der Waals surface area contributed by atoms with Crippen molar-refractivity contribution < 1.29 is 4.79 Å². The van der Waals surface area contributed by atoms with Crippen molar-refractivity contribution in [1.82, 2.24) is 20.4 Å². The van der Waals surface area contributed by atoms with Crippen LogP contribution in [0.25, 0.3) is 11.3 Å². The van der Waals surface area contributed by atoms with E-state index in [0.29, 0.717) is 13.1 Å². The number of benzene rings is 1. The summed E-state index contributed by atoms with van der Waals surface area (Å²) in [6.45, 7) is 1.18. The molecule has 0 aliphatic rings. The Kier molecular flexibility index (Phi) is 5.28. The molecular weight excluding hydrogens is 320 g/mol. The van der Waals surface area contributed by atoms with Crippen LogP contribution in [0.5, 0.6) is 0 Å². The predicted molar refractivity (Wildman–Crippen MR) is 96.9 cm³/mol.